The van der Waals surface area contributed by atoms with Crippen molar-refractivity contribution >= 4 is 33.3 Å². The second-order valence-electron chi connectivity index (χ2n) is 8.83. The largest absolute Gasteiger partial charge is 0.454 e. The highest BCUT2D eigenvalue weighted by Gasteiger charge is 2.36. The van der Waals surface area contributed by atoms with Gasteiger partial charge in [0.25, 0.3) is 11.8 Å². The van der Waals surface area contributed by atoms with Crippen molar-refractivity contribution < 1.29 is 27.5 Å². The van der Waals surface area contributed by atoms with E-state index < -0.39 is 46.3 Å². The molecule has 1 unspecified atom stereocenters. The number of nitrogens with zero attached hydrogens (tertiary/aromatic N) is 1. The number of nitrogens with one attached hydrogen (secondary N) is 1. The Bertz CT molecular complexity index is 1150. The molecule has 0 bridgehead atoms. The fourth-order valence-corrected chi connectivity index (χ4v) is 5.63. The summed E-state index contributed by atoms with van der Waals surface area (Å²) in [7, 11) is -3.23. The van der Waals surface area contributed by atoms with E-state index in [9.17, 15) is 22.8 Å². The molecule has 0 aromatic heterocycles. The topological polar surface area (TPSA) is 110 Å². The number of hydrogen-bond acceptors (Lipinski definition) is 6. The van der Waals surface area contributed by atoms with Crippen molar-refractivity contribution in [1.82, 2.24) is 5.32 Å². The molecule has 1 aliphatic rings. The number of rotatable bonds is 8. The minimum atomic E-state index is -3.23. The van der Waals surface area contributed by atoms with Gasteiger partial charge < -0.3 is 15.0 Å². The normalized spacial score (nSPS) is 17.7. The molecule has 8 nitrogen and oxygen atoms in total. The maximum Gasteiger partial charge on any atom is 0.329 e. The molecular formula is C25H30N2O6S. The number of esters is 1. The number of para-hydroxylation sites is 1. The van der Waals surface area contributed by atoms with Gasteiger partial charge in [-0.2, -0.15) is 0 Å². The van der Waals surface area contributed by atoms with Crippen LogP contribution in [0.1, 0.15) is 36.2 Å². The molecule has 1 N–H and O–H groups in total. The van der Waals surface area contributed by atoms with E-state index in [1.165, 1.54) is 4.90 Å². The van der Waals surface area contributed by atoms with Crippen LogP contribution in [0.5, 0.6) is 0 Å². The Kier molecular flexibility index (Phi) is 8.09. The van der Waals surface area contributed by atoms with Crippen molar-refractivity contribution in [3.05, 3.63) is 65.7 Å². The molecule has 2 atom stereocenters. The van der Waals surface area contributed by atoms with Crippen LogP contribution in [0.3, 0.4) is 0 Å². The Morgan fingerprint density at radius 3 is 2.38 bits per heavy atom. The van der Waals surface area contributed by atoms with Crippen LogP contribution < -0.4 is 10.2 Å². The van der Waals surface area contributed by atoms with Gasteiger partial charge in [-0.25, -0.2) is 13.2 Å². The van der Waals surface area contributed by atoms with Gasteiger partial charge in [-0.1, -0.05) is 49.7 Å². The van der Waals surface area contributed by atoms with Gasteiger partial charge >= 0.3 is 5.97 Å². The van der Waals surface area contributed by atoms with Gasteiger partial charge in [0.05, 0.1) is 17.5 Å². The minimum absolute atomic E-state index is 0.00842. The monoisotopic (exact) mass is 486 g/mol. The molecule has 3 rings (SSSR count). The lowest BCUT2D eigenvalue weighted by Crippen LogP contribution is -2.47. The van der Waals surface area contributed by atoms with Crippen LogP contribution in [-0.2, 0) is 24.2 Å². The Hall–Kier alpha value is -3.20. The van der Waals surface area contributed by atoms with Gasteiger partial charge in [-0.3, -0.25) is 9.59 Å². The lowest BCUT2D eigenvalue weighted by atomic mass is 10.0. The van der Waals surface area contributed by atoms with E-state index >= 15 is 0 Å². The smallest absolute Gasteiger partial charge is 0.329 e. The minimum Gasteiger partial charge on any atom is -0.454 e. The van der Waals surface area contributed by atoms with Crippen molar-refractivity contribution in [2.75, 3.05) is 23.0 Å². The number of carbonyl (C=O) groups excluding carboxylic acids is 3. The van der Waals surface area contributed by atoms with Crippen LogP contribution >= 0.6 is 0 Å². The molecule has 1 aliphatic heterocycles. The Balaban J connectivity index is 1.69. The maximum atomic E-state index is 13.1. The molecule has 0 spiro atoms. The zero-order chi connectivity index (χ0) is 24.9. The van der Waals surface area contributed by atoms with Crippen molar-refractivity contribution in [3.8, 4) is 0 Å². The van der Waals surface area contributed by atoms with Crippen molar-refractivity contribution in [3.63, 3.8) is 0 Å². The standard InChI is InChI=1S/C25H30N2O6S/c1-17(2)23(26-24(29)19-9-7-8-18(3)14-19)25(30)33-15-22(28)27(20-10-5-4-6-11-20)21-12-13-34(31,32)16-21/h4-11,14,17,21,23H,12-13,15-16H2,1-3H3,(H,26,29)/t21?,23-/m0/s1. The van der Waals surface area contributed by atoms with Crippen LogP contribution in [0.2, 0.25) is 0 Å². The first-order valence-corrected chi connectivity index (χ1v) is 13.0. The van der Waals surface area contributed by atoms with Crippen molar-refractivity contribution in [1.29, 1.82) is 0 Å². The molecule has 0 saturated carbocycles. The van der Waals surface area contributed by atoms with Gasteiger partial charge in [0.1, 0.15) is 6.04 Å². The molecule has 2 aromatic carbocycles. The molecule has 2 amide bonds. The number of carbonyl (C=O) groups is 3. The first kappa shape index (κ1) is 25.4. The summed E-state index contributed by atoms with van der Waals surface area (Å²) in [6.45, 7) is 4.84. The summed E-state index contributed by atoms with van der Waals surface area (Å²) in [5, 5.41) is 2.69. The molecule has 9 heteroatoms. The SMILES string of the molecule is Cc1cccc(C(=O)N[C@H](C(=O)OCC(=O)N(c2ccccc2)C2CCS(=O)(=O)C2)C(C)C)c1. The summed E-state index contributed by atoms with van der Waals surface area (Å²) < 4.78 is 29.3. The van der Waals surface area contributed by atoms with Crippen LogP contribution in [0.25, 0.3) is 0 Å². The van der Waals surface area contributed by atoms with Gasteiger partial charge in [-0.15, -0.1) is 0 Å². The van der Waals surface area contributed by atoms with E-state index in [0.29, 0.717) is 17.7 Å². The van der Waals surface area contributed by atoms with E-state index in [1.54, 1.807) is 62.4 Å². The summed E-state index contributed by atoms with van der Waals surface area (Å²) in [4.78, 5) is 39.9. The van der Waals surface area contributed by atoms with Crippen LogP contribution in [-0.4, -0.2) is 56.4 Å². The van der Waals surface area contributed by atoms with E-state index in [2.05, 4.69) is 5.32 Å². The number of aryl methyl sites for hydroxylation is 1. The molecule has 34 heavy (non-hydrogen) atoms. The Morgan fingerprint density at radius 2 is 1.79 bits per heavy atom. The molecule has 0 aliphatic carbocycles. The highest BCUT2D eigenvalue weighted by Crippen LogP contribution is 2.24. The maximum absolute atomic E-state index is 13.1. The highest BCUT2D eigenvalue weighted by molar-refractivity contribution is 7.91. The molecule has 1 heterocycles. The fourth-order valence-electron chi connectivity index (χ4n) is 3.93. The first-order chi connectivity index (χ1) is 16.1. The van der Waals surface area contributed by atoms with E-state index in [-0.39, 0.29) is 17.4 Å². The lowest BCUT2D eigenvalue weighted by molar-refractivity contribution is -0.150. The number of amides is 2. The second-order valence-corrected chi connectivity index (χ2v) is 11.1. The lowest BCUT2D eigenvalue weighted by Gasteiger charge is -2.28. The predicted octanol–water partition coefficient (Wildman–Crippen LogP) is 2.51. The predicted molar refractivity (Wildman–Crippen MR) is 129 cm³/mol. The van der Waals surface area contributed by atoms with Gasteiger partial charge in [0.2, 0.25) is 0 Å². The van der Waals surface area contributed by atoms with Gasteiger partial charge in [0.15, 0.2) is 16.4 Å². The number of benzene rings is 2. The van der Waals surface area contributed by atoms with Gasteiger partial charge in [0, 0.05) is 11.3 Å². The van der Waals surface area contributed by atoms with Crippen LogP contribution in [0.4, 0.5) is 5.69 Å². The molecule has 1 fully saturated rings. The second kappa shape index (κ2) is 10.8. The number of sulfone groups is 1. The molecule has 0 radical (unpaired) electrons. The van der Waals surface area contributed by atoms with Crippen molar-refractivity contribution in [2.45, 2.75) is 39.3 Å². The summed E-state index contributed by atoms with van der Waals surface area (Å²) in [6.07, 6.45) is 0.318. The van der Waals surface area contributed by atoms with Gasteiger partial charge in [-0.05, 0) is 43.5 Å². The molecule has 2 aromatic rings. The third-order valence-electron chi connectivity index (χ3n) is 5.70. The Labute approximate surface area is 200 Å². The molecule has 1 saturated heterocycles. The average molecular weight is 487 g/mol. The third kappa shape index (κ3) is 6.44. The van der Waals surface area contributed by atoms with E-state index in [4.69, 9.17) is 4.74 Å². The highest BCUT2D eigenvalue weighted by atomic mass is 32.2. The zero-order valence-electron chi connectivity index (χ0n) is 19.6. The molecular weight excluding hydrogens is 456 g/mol. The zero-order valence-corrected chi connectivity index (χ0v) is 20.4. The average Bonchev–Trinajstić information content (AvgIpc) is 3.15. The summed E-state index contributed by atoms with van der Waals surface area (Å²) in [5.74, 6) is -2.06. The molecule has 182 valence electrons. The van der Waals surface area contributed by atoms with Crippen LogP contribution in [0, 0.1) is 12.8 Å². The summed E-state index contributed by atoms with van der Waals surface area (Å²) in [5.41, 5.74) is 1.88. The summed E-state index contributed by atoms with van der Waals surface area (Å²) in [6, 6.07) is 14.2. The fraction of sp³-hybridized carbons (Fsp3) is 0.400. The number of anilines is 1. The number of hydrogen-bond donors (Lipinski definition) is 1. The quantitative estimate of drug-likeness (QED) is 0.574. The van der Waals surface area contributed by atoms with E-state index in [0.717, 1.165) is 5.56 Å². The Morgan fingerprint density at radius 1 is 1.09 bits per heavy atom. The van der Waals surface area contributed by atoms with Crippen LogP contribution in [0.15, 0.2) is 54.6 Å². The third-order valence-corrected chi connectivity index (χ3v) is 7.45. The number of ether oxygens (including phenoxy) is 1. The van der Waals surface area contributed by atoms with E-state index in [1.807, 2.05) is 13.0 Å². The first-order valence-electron chi connectivity index (χ1n) is 11.2. The van der Waals surface area contributed by atoms with Crippen molar-refractivity contribution in [2.24, 2.45) is 5.92 Å². The summed E-state index contributed by atoms with van der Waals surface area (Å²) >= 11 is 0.